The number of benzene rings is 2. The third-order valence-electron chi connectivity index (χ3n) is 4.52. The summed E-state index contributed by atoms with van der Waals surface area (Å²) < 4.78 is 0. The molecular formula is C23H22ClN2O3S-. The van der Waals surface area contributed by atoms with E-state index in [1.54, 1.807) is 68.5 Å². The van der Waals surface area contributed by atoms with E-state index in [-0.39, 0.29) is 5.91 Å². The second-order valence-corrected chi connectivity index (χ2v) is 8.98. The molecule has 0 saturated carbocycles. The van der Waals surface area contributed by atoms with Crippen LogP contribution in [0, 0.1) is 0 Å². The molecule has 1 aromatic heterocycles. The smallest absolute Gasteiger partial charge is 0.255 e. The van der Waals surface area contributed by atoms with Gasteiger partial charge >= 0.3 is 0 Å². The van der Waals surface area contributed by atoms with Gasteiger partial charge in [-0.15, -0.1) is 22.9 Å². The van der Waals surface area contributed by atoms with Crippen molar-refractivity contribution in [2.24, 2.45) is 0 Å². The maximum atomic E-state index is 12.9. The van der Waals surface area contributed by atoms with Crippen LogP contribution in [0.5, 0.6) is 0 Å². The highest BCUT2D eigenvalue weighted by molar-refractivity contribution is 7.13. The lowest BCUT2D eigenvalue weighted by atomic mass is 10.0. The summed E-state index contributed by atoms with van der Waals surface area (Å²) in [5, 5.41) is 16.8. The van der Waals surface area contributed by atoms with Crippen LogP contribution in [0.4, 0.5) is 16.2 Å². The number of alkyl halides is 1. The third kappa shape index (κ3) is 4.83. The maximum absolute atomic E-state index is 12.9. The van der Waals surface area contributed by atoms with Crippen LogP contribution < -0.4 is 15.3 Å². The van der Waals surface area contributed by atoms with Gasteiger partial charge in [-0.2, -0.15) is 0 Å². The molecule has 5 nitrogen and oxygen atoms in total. The average molecular weight is 442 g/mol. The molecule has 7 heteroatoms. The first-order chi connectivity index (χ1) is 14.2. The number of carboxylic acid groups (broad SMARTS) is 1. The van der Waals surface area contributed by atoms with E-state index in [0.717, 1.165) is 20.9 Å². The zero-order valence-electron chi connectivity index (χ0n) is 16.9. The fourth-order valence-electron chi connectivity index (χ4n) is 3.10. The number of nitrogens with one attached hydrogen (secondary N) is 1. The number of amides is 2. The highest BCUT2D eigenvalue weighted by Crippen LogP contribution is 2.36. The van der Waals surface area contributed by atoms with Crippen LogP contribution in [0.15, 0.2) is 60.0 Å². The van der Waals surface area contributed by atoms with E-state index in [4.69, 9.17) is 11.6 Å². The lowest BCUT2D eigenvalue weighted by Crippen LogP contribution is -2.52. The maximum Gasteiger partial charge on any atom is 0.255 e. The molecular weight excluding hydrogens is 420 g/mol. The predicted molar refractivity (Wildman–Crippen MR) is 121 cm³/mol. The summed E-state index contributed by atoms with van der Waals surface area (Å²) in [6, 6.07) is 16.2. The van der Waals surface area contributed by atoms with E-state index in [1.807, 2.05) is 23.6 Å². The van der Waals surface area contributed by atoms with Crippen molar-refractivity contribution in [3.05, 3.63) is 71.1 Å². The summed E-state index contributed by atoms with van der Waals surface area (Å²) in [7, 11) is 0. The van der Waals surface area contributed by atoms with Crippen LogP contribution in [0.1, 0.15) is 36.7 Å². The zero-order chi connectivity index (χ0) is 21.9. The van der Waals surface area contributed by atoms with Crippen molar-refractivity contribution in [1.82, 2.24) is 0 Å². The average Bonchev–Trinajstić information content (AvgIpc) is 3.22. The highest BCUT2D eigenvalue weighted by Gasteiger charge is 2.26. The Bertz CT molecular complexity index is 1040. The van der Waals surface area contributed by atoms with Crippen LogP contribution >= 0.6 is 22.9 Å². The minimum absolute atomic E-state index is 0.340. The van der Waals surface area contributed by atoms with E-state index < -0.39 is 11.6 Å². The molecule has 2 amide bonds. The number of thiophene rings is 1. The molecule has 0 aliphatic carbocycles. The Hall–Kier alpha value is -2.83. The minimum Gasteiger partial charge on any atom is -0.530 e. The number of carbonyl (C=O) groups is 2. The minimum atomic E-state index is -1.34. The van der Waals surface area contributed by atoms with Crippen molar-refractivity contribution in [2.45, 2.75) is 32.2 Å². The molecule has 3 rings (SSSR count). The Morgan fingerprint density at radius 3 is 2.33 bits per heavy atom. The van der Waals surface area contributed by atoms with Gasteiger partial charge in [-0.3, -0.25) is 4.79 Å². The molecule has 0 spiro atoms. The normalized spacial score (nSPS) is 11.2. The van der Waals surface area contributed by atoms with Crippen molar-refractivity contribution < 1.29 is 14.7 Å². The molecule has 0 atom stereocenters. The summed E-state index contributed by atoms with van der Waals surface area (Å²) in [6.07, 6.45) is -1.34. The lowest BCUT2D eigenvalue weighted by Gasteiger charge is -2.39. The molecule has 0 aliphatic rings. The lowest BCUT2D eigenvalue weighted by molar-refractivity contribution is -0.247. The summed E-state index contributed by atoms with van der Waals surface area (Å²) >= 11 is 7.38. The molecule has 0 radical (unpaired) electrons. The summed E-state index contributed by atoms with van der Waals surface area (Å²) in [5.41, 5.74) is 2.23. The first-order valence-corrected chi connectivity index (χ1v) is 10.8. The molecule has 1 N–H and O–H groups in total. The van der Waals surface area contributed by atoms with Gasteiger partial charge in [0.15, 0.2) is 0 Å². The van der Waals surface area contributed by atoms with Crippen molar-refractivity contribution in [3.63, 3.8) is 0 Å². The van der Waals surface area contributed by atoms with Gasteiger partial charge in [0, 0.05) is 21.9 Å². The summed E-state index contributed by atoms with van der Waals surface area (Å²) in [6.45, 7) is 5.31. The van der Waals surface area contributed by atoms with Crippen LogP contribution in [-0.2, 0) is 5.88 Å². The number of anilines is 2. The Balaban J connectivity index is 2.05. The molecule has 3 aromatic rings. The van der Waals surface area contributed by atoms with E-state index in [1.165, 1.54) is 0 Å². The number of hydrogen-bond donors (Lipinski definition) is 1. The van der Waals surface area contributed by atoms with Gasteiger partial charge < -0.3 is 20.1 Å². The Kier molecular flexibility index (Phi) is 6.48. The van der Waals surface area contributed by atoms with Gasteiger partial charge in [-0.25, -0.2) is 0 Å². The quantitative estimate of drug-likeness (QED) is 0.542. The van der Waals surface area contributed by atoms with Crippen molar-refractivity contribution in [1.29, 1.82) is 0 Å². The number of halogens is 1. The predicted octanol–water partition coefficient (Wildman–Crippen LogP) is 5.35. The van der Waals surface area contributed by atoms with Crippen molar-refractivity contribution in [3.8, 4) is 10.4 Å². The van der Waals surface area contributed by atoms with Crippen LogP contribution in [0.25, 0.3) is 10.4 Å². The Labute approximate surface area is 184 Å². The molecule has 0 aliphatic heterocycles. The molecule has 0 saturated heterocycles. The summed E-state index contributed by atoms with van der Waals surface area (Å²) in [4.78, 5) is 27.0. The highest BCUT2D eigenvalue weighted by atomic mass is 35.5. The van der Waals surface area contributed by atoms with Gasteiger partial charge in [-0.05, 0) is 67.6 Å². The topological polar surface area (TPSA) is 72.5 Å². The monoisotopic (exact) mass is 441 g/mol. The number of rotatable bonds is 5. The van der Waals surface area contributed by atoms with Crippen LogP contribution in [0.2, 0.25) is 0 Å². The molecule has 156 valence electrons. The number of carbonyl (C=O) groups excluding carboxylic acids is 2. The first-order valence-electron chi connectivity index (χ1n) is 9.36. The van der Waals surface area contributed by atoms with Gasteiger partial charge in [-0.1, -0.05) is 24.3 Å². The van der Waals surface area contributed by atoms with Gasteiger partial charge in [0.1, 0.15) is 6.09 Å². The van der Waals surface area contributed by atoms with Gasteiger partial charge in [0.2, 0.25) is 0 Å². The Morgan fingerprint density at radius 1 is 1.10 bits per heavy atom. The van der Waals surface area contributed by atoms with Crippen LogP contribution in [-0.4, -0.2) is 17.5 Å². The van der Waals surface area contributed by atoms with Crippen molar-refractivity contribution >= 4 is 46.3 Å². The zero-order valence-corrected chi connectivity index (χ0v) is 18.5. The largest absolute Gasteiger partial charge is 0.530 e. The first kappa shape index (κ1) is 21.9. The molecule has 0 fully saturated rings. The van der Waals surface area contributed by atoms with Gasteiger partial charge in [0.05, 0.1) is 11.4 Å². The molecule has 1 heterocycles. The van der Waals surface area contributed by atoms with E-state index in [0.29, 0.717) is 22.8 Å². The Morgan fingerprint density at radius 2 is 1.80 bits per heavy atom. The second kappa shape index (κ2) is 8.90. The summed E-state index contributed by atoms with van der Waals surface area (Å²) in [5.74, 6) is 0.0223. The molecule has 30 heavy (non-hydrogen) atoms. The van der Waals surface area contributed by atoms with Crippen molar-refractivity contribution in [2.75, 3.05) is 10.2 Å². The molecule has 2 aromatic carbocycles. The number of hydrogen-bond acceptors (Lipinski definition) is 4. The third-order valence-corrected chi connectivity index (χ3v) is 5.74. The van der Waals surface area contributed by atoms with Crippen LogP contribution in [0.3, 0.4) is 0 Å². The fourth-order valence-corrected chi connectivity index (χ4v) is 4.00. The van der Waals surface area contributed by atoms with E-state index in [2.05, 4.69) is 5.32 Å². The molecule has 0 unspecified atom stereocenters. The number of nitrogens with zero attached hydrogens (tertiary/aromatic N) is 1. The SMILES string of the molecule is CC(C)(C)N(C(=O)[O-])c1ccc(-c2cccs2)cc1NC(=O)c1ccc(CCl)cc1. The standard InChI is InChI=1S/C23H23ClN2O3S/c1-23(2,3)26(22(28)29)19-11-10-17(20-5-4-12-30-20)13-18(19)25-21(27)16-8-6-15(14-24)7-9-16/h4-13H,14H2,1-3H3,(H,25,27)(H,28,29)/p-1. The van der Waals surface area contributed by atoms with E-state index in [9.17, 15) is 14.7 Å². The van der Waals surface area contributed by atoms with Gasteiger partial charge in [0.25, 0.3) is 5.91 Å². The molecule has 0 bridgehead atoms. The fraction of sp³-hybridized carbons (Fsp3) is 0.217. The second-order valence-electron chi connectivity index (χ2n) is 7.77. The van der Waals surface area contributed by atoms with E-state index >= 15 is 0 Å².